The first-order valence-electron chi connectivity index (χ1n) is 8.13. The van der Waals surface area contributed by atoms with E-state index in [1.165, 1.54) is 4.31 Å². The maximum Gasteiger partial charge on any atom is 0.230 e. The van der Waals surface area contributed by atoms with Gasteiger partial charge in [-0.1, -0.05) is 6.07 Å². The number of pyridine rings is 1. The van der Waals surface area contributed by atoms with Gasteiger partial charge in [-0.25, -0.2) is 12.7 Å². The number of hydrogen-bond acceptors (Lipinski definition) is 4. The Kier molecular flexibility index (Phi) is 4.42. The van der Waals surface area contributed by atoms with Crippen molar-refractivity contribution in [3.8, 4) is 0 Å². The van der Waals surface area contributed by atoms with E-state index < -0.39 is 15.4 Å². The zero-order chi connectivity index (χ0) is 16.5. The lowest BCUT2D eigenvalue weighted by Gasteiger charge is -2.38. The zero-order valence-corrected chi connectivity index (χ0v) is 14.3. The summed E-state index contributed by atoms with van der Waals surface area (Å²) in [7, 11) is -3.23. The fourth-order valence-electron chi connectivity index (χ4n) is 3.64. The molecule has 0 bridgehead atoms. The van der Waals surface area contributed by atoms with Gasteiger partial charge in [0.1, 0.15) is 0 Å². The Hall–Kier alpha value is -1.47. The number of carbonyl (C=O) groups excluding carboxylic acids is 1. The second-order valence-electron chi connectivity index (χ2n) is 6.46. The topological polar surface area (TPSA) is 70.6 Å². The number of amides is 1. The van der Waals surface area contributed by atoms with Crippen LogP contribution in [0.5, 0.6) is 0 Å². The molecule has 1 spiro atoms. The lowest BCUT2D eigenvalue weighted by molar-refractivity contribution is -0.138. The van der Waals surface area contributed by atoms with Crippen molar-refractivity contribution in [3.63, 3.8) is 0 Å². The van der Waals surface area contributed by atoms with Crippen molar-refractivity contribution >= 4 is 15.9 Å². The highest BCUT2D eigenvalue weighted by Gasteiger charge is 2.50. The van der Waals surface area contributed by atoms with Crippen molar-refractivity contribution in [2.24, 2.45) is 5.41 Å². The summed E-state index contributed by atoms with van der Waals surface area (Å²) < 4.78 is 25.8. The molecule has 2 fully saturated rings. The van der Waals surface area contributed by atoms with E-state index in [9.17, 15) is 13.2 Å². The maximum atomic E-state index is 12.9. The maximum absolute atomic E-state index is 12.9. The molecule has 1 atom stereocenters. The second kappa shape index (κ2) is 6.20. The number of aromatic nitrogens is 1. The van der Waals surface area contributed by atoms with Gasteiger partial charge in [0.15, 0.2) is 0 Å². The molecule has 0 aromatic carbocycles. The van der Waals surface area contributed by atoms with Crippen molar-refractivity contribution in [1.82, 2.24) is 14.2 Å². The predicted molar refractivity (Wildman–Crippen MR) is 87.0 cm³/mol. The minimum atomic E-state index is -3.23. The molecule has 2 aliphatic heterocycles. The highest BCUT2D eigenvalue weighted by Crippen LogP contribution is 2.41. The molecule has 2 aliphatic rings. The van der Waals surface area contributed by atoms with Crippen LogP contribution in [0.15, 0.2) is 24.5 Å². The fourth-order valence-corrected chi connectivity index (χ4v) is 4.86. The molecule has 1 aromatic heterocycles. The van der Waals surface area contributed by atoms with E-state index >= 15 is 0 Å². The third-order valence-corrected chi connectivity index (χ3v) is 6.83. The predicted octanol–water partition coefficient (Wildman–Crippen LogP) is 1.25. The third-order valence-electron chi connectivity index (χ3n) is 5.00. The van der Waals surface area contributed by atoms with Gasteiger partial charge in [0.25, 0.3) is 0 Å². The van der Waals surface area contributed by atoms with E-state index in [0.717, 1.165) is 24.8 Å². The SMILES string of the molecule is CCS(=O)(=O)N1CCC[C@]2(CCN(Cc3cccnc3)C2=O)C1. The highest BCUT2D eigenvalue weighted by atomic mass is 32.2. The number of piperidine rings is 1. The Balaban J connectivity index is 1.75. The third kappa shape index (κ3) is 3.12. The first kappa shape index (κ1) is 16.4. The molecule has 3 heterocycles. The molecule has 0 unspecified atom stereocenters. The number of sulfonamides is 1. The molecule has 6 nitrogen and oxygen atoms in total. The minimum absolute atomic E-state index is 0.0939. The van der Waals surface area contributed by atoms with Crippen LogP contribution in [0.4, 0.5) is 0 Å². The standard InChI is InChI=1S/C16H23N3O3S/c1-2-23(21,22)19-9-4-6-16(13-19)7-10-18(15(16)20)12-14-5-3-8-17-11-14/h3,5,8,11H,2,4,6-7,9-10,12-13H2,1H3/t16-/m0/s1. The summed E-state index contributed by atoms with van der Waals surface area (Å²) in [6.45, 7) is 3.77. The van der Waals surface area contributed by atoms with Crippen molar-refractivity contribution in [1.29, 1.82) is 0 Å². The summed E-state index contributed by atoms with van der Waals surface area (Å²) in [5.41, 5.74) is 0.481. The van der Waals surface area contributed by atoms with Gasteiger partial charge in [0.05, 0.1) is 11.2 Å². The average molecular weight is 337 g/mol. The van der Waals surface area contributed by atoms with E-state index in [-0.39, 0.29) is 11.7 Å². The highest BCUT2D eigenvalue weighted by molar-refractivity contribution is 7.89. The van der Waals surface area contributed by atoms with Crippen LogP contribution in [0.25, 0.3) is 0 Å². The second-order valence-corrected chi connectivity index (χ2v) is 8.71. The average Bonchev–Trinajstić information content (AvgIpc) is 2.85. The Morgan fingerprint density at radius 2 is 2.13 bits per heavy atom. The van der Waals surface area contributed by atoms with Gasteiger partial charge < -0.3 is 4.90 Å². The molecular formula is C16H23N3O3S. The quantitative estimate of drug-likeness (QED) is 0.829. The smallest absolute Gasteiger partial charge is 0.230 e. The molecule has 0 N–H and O–H groups in total. The van der Waals surface area contributed by atoms with E-state index in [1.54, 1.807) is 19.3 Å². The Bertz CT molecular complexity index is 677. The molecule has 0 radical (unpaired) electrons. The van der Waals surface area contributed by atoms with Gasteiger partial charge in [-0.2, -0.15) is 0 Å². The first-order chi connectivity index (χ1) is 11.0. The molecule has 0 aliphatic carbocycles. The monoisotopic (exact) mass is 337 g/mol. The largest absolute Gasteiger partial charge is 0.338 e. The van der Waals surface area contributed by atoms with Crippen LogP contribution in [0.2, 0.25) is 0 Å². The van der Waals surface area contributed by atoms with E-state index in [4.69, 9.17) is 0 Å². The van der Waals surface area contributed by atoms with Gasteiger partial charge in [-0.15, -0.1) is 0 Å². The lowest BCUT2D eigenvalue weighted by Crippen LogP contribution is -2.50. The van der Waals surface area contributed by atoms with Crippen molar-refractivity contribution in [2.45, 2.75) is 32.7 Å². The summed E-state index contributed by atoms with van der Waals surface area (Å²) in [4.78, 5) is 18.9. The van der Waals surface area contributed by atoms with Crippen LogP contribution >= 0.6 is 0 Å². The normalized spacial score (nSPS) is 26.1. The number of rotatable bonds is 4. The molecule has 1 aromatic rings. The van der Waals surface area contributed by atoms with Crippen molar-refractivity contribution in [2.75, 3.05) is 25.4 Å². The van der Waals surface area contributed by atoms with Crippen LogP contribution in [-0.4, -0.2) is 53.9 Å². The lowest BCUT2D eigenvalue weighted by atomic mass is 9.79. The van der Waals surface area contributed by atoms with E-state index in [0.29, 0.717) is 26.2 Å². The molecule has 126 valence electrons. The Morgan fingerprint density at radius 3 is 2.83 bits per heavy atom. The molecule has 7 heteroatoms. The molecular weight excluding hydrogens is 314 g/mol. The number of hydrogen-bond donors (Lipinski definition) is 0. The van der Waals surface area contributed by atoms with Gasteiger partial charge >= 0.3 is 0 Å². The zero-order valence-electron chi connectivity index (χ0n) is 13.4. The molecule has 0 saturated carbocycles. The van der Waals surface area contributed by atoms with Crippen LogP contribution in [-0.2, 0) is 21.4 Å². The minimum Gasteiger partial charge on any atom is -0.338 e. The molecule has 1 amide bonds. The van der Waals surface area contributed by atoms with Crippen LogP contribution in [0.3, 0.4) is 0 Å². The van der Waals surface area contributed by atoms with Gasteiger partial charge in [-0.05, 0) is 37.8 Å². The molecule has 2 saturated heterocycles. The van der Waals surface area contributed by atoms with Crippen LogP contribution in [0.1, 0.15) is 31.7 Å². The Morgan fingerprint density at radius 1 is 1.30 bits per heavy atom. The van der Waals surface area contributed by atoms with Crippen LogP contribution in [0, 0.1) is 5.41 Å². The van der Waals surface area contributed by atoms with Gasteiger partial charge in [0.2, 0.25) is 15.9 Å². The summed E-state index contributed by atoms with van der Waals surface area (Å²) in [5.74, 6) is 0.189. The van der Waals surface area contributed by atoms with Crippen molar-refractivity contribution in [3.05, 3.63) is 30.1 Å². The first-order valence-corrected chi connectivity index (χ1v) is 9.74. The summed E-state index contributed by atoms with van der Waals surface area (Å²) in [6, 6.07) is 3.82. The van der Waals surface area contributed by atoms with Crippen LogP contribution < -0.4 is 0 Å². The van der Waals surface area contributed by atoms with Crippen molar-refractivity contribution < 1.29 is 13.2 Å². The summed E-state index contributed by atoms with van der Waals surface area (Å²) in [6.07, 6.45) is 5.76. The van der Waals surface area contributed by atoms with E-state index in [2.05, 4.69) is 4.98 Å². The number of nitrogens with zero attached hydrogens (tertiary/aromatic N) is 3. The Labute approximate surface area is 137 Å². The molecule has 23 heavy (non-hydrogen) atoms. The number of likely N-dealkylation sites (tertiary alicyclic amines) is 1. The molecule has 3 rings (SSSR count). The summed E-state index contributed by atoms with van der Waals surface area (Å²) >= 11 is 0. The van der Waals surface area contributed by atoms with Gasteiger partial charge in [0, 0.05) is 38.6 Å². The van der Waals surface area contributed by atoms with Gasteiger partial charge in [-0.3, -0.25) is 9.78 Å². The van der Waals surface area contributed by atoms with E-state index in [1.807, 2.05) is 17.0 Å². The summed E-state index contributed by atoms with van der Waals surface area (Å²) in [5, 5.41) is 0. The fraction of sp³-hybridized carbons (Fsp3) is 0.625. The number of carbonyl (C=O) groups is 1.